The van der Waals surface area contributed by atoms with Gasteiger partial charge in [0.2, 0.25) is 0 Å². The van der Waals surface area contributed by atoms with Gasteiger partial charge in [-0.05, 0) is 24.6 Å². The summed E-state index contributed by atoms with van der Waals surface area (Å²) in [6.45, 7) is 5.31. The number of nitrogens with zero attached hydrogens (tertiary/aromatic N) is 3. The standard InChI is InChI=1S/C53H44N3OP.Os/c1-4-18-41-27-32-44(33-28-41)52-54-55-53(56(52)48-19-10-6-11-20-48)45-34-29-42(30-35-45)31-36-46(37-47-39-57-38-43(47)5-2)40(3)58(49-21-12-7-13-22-49,50-23-14-8-15-24-50)51-25-16-9-17-26-51;/h4-37H,38-39H2,1-2H3;/q+1;/b18-4+,36-31+,43-5?,46-40?,47-37?;. The molecule has 1 aliphatic heterocycles. The zero-order chi connectivity index (χ0) is 40.4. The van der Waals surface area contributed by atoms with Gasteiger partial charge in [-0.3, -0.25) is 0 Å². The minimum absolute atomic E-state index is 0.572. The Hall–Kier alpha value is -6.03. The molecule has 0 spiro atoms. The van der Waals surface area contributed by atoms with E-state index in [0.717, 1.165) is 45.2 Å². The topological polar surface area (TPSA) is 39.9 Å². The second-order valence-corrected chi connectivity index (χ2v) is 18.1. The number of ether oxygens (including phenoxy) is 1. The monoisotopic (exact) mass is 961 g/mol. The molecule has 1 aromatic heterocycles. The fourth-order valence-electron chi connectivity index (χ4n) is 7.68. The first-order chi connectivity index (χ1) is 29.1. The van der Waals surface area contributed by atoms with Crippen molar-refractivity contribution >= 4 is 35.3 Å². The molecule has 0 atom stereocenters. The van der Waals surface area contributed by atoms with E-state index in [4.69, 9.17) is 14.9 Å². The summed E-state index contributed by atoms with van der Waals surface area (Å²) in [6, 6.07) is 60.4. The van der Waals surface area contributed by atoms with Crippen LogP contribution in [0.15, 0.2) is 216 Å². The first-order valence-corrected chi connectivity index (χ1v) is 22.8. The van der Waals surface area contributed by atoms with Gasteiger partial charge in [0, 0.05) is 5.56 Å². The van der Waals surface area contributed by atoms with Crippen molar-refractivity contribution in [3.8, 4) is 32.8 Å². The third kappa shape index (κ3) is 8.31. The maximum absolute atomic E-state index is 6.01. The van der Waals surface area contributed by atoms with Gasteiger partial charge in [-0.2, -0.15) is 0 Å². The number of aromatic nitrogens is 3. The van der Waals surface area contributed by atoms with Crippen LogP contribution in [0.5, 0.6) is 0 Å². The van der Waals surface area contributed by atoms with E-state index in [1.807, 2.05) is 31.2 Å². The average Bonchev–Trinajstić information content (AvgIpc) is 3.96. The number of hydrogen-bond donors (Lipinski definition) is 0. The molecule has 0 bridgehead atoms. The van der Waals surface area contributed by atoms with Crippen molar-refractivity contribution in [1.82, 2.24) is 14.8 Å². The van der Waals surface area contributed by atoms with Crippen molar-refractivity contribution in [1.29, 1.82) is 0 Å². The Morgan fingerprint density at radius 2 is 1.05 bits per heavy atom. The summed E-state index contributed by atoms with van der Waals surface area (Å²) >= 11 is 1.80. The molecule has 7 aromatic rings. The first-order valence-electron chi connectivity index (χ1n) is 19.8. The Morgan fingerprint density at radius 1 is 0.593 bits per heavy atom. The van der Waals surface area contributed by atoms with Crippen LogP contribution in [-0.2, 0) is 22.7 Å². The minimum atomic E-state index is -2.44. The molecular weight excluding hydrogens is 916 g/mol. The third-order valence-corrected chi connectivity index (χ3v) is 16.0. The molecule has 59 heavy (non-hydrogen) atoms. The Balaban J connectivity index is 1.27. The molecule has 0 aliphatic carbocycles. The molecule has 6 aromatic carbocycles. The van der Waals surface area contributed by atoms with Gasteiger partial charge in [-0.25, -0.2) is 0 Å². The van der Waals surface area contributed by atoms with Crippen molar-refractivity contribution in [3.63, 3.8) is 0 Å². The normalized spacial score (nSPS) is 14.9. The second-order valence-electron chi connectivity index (χ2n) is 14.1. The van der Waals surface area contributed by atoms with Crippen molar-refractivity contribution in [2.75, 3.05) is 13.2 Å². The van der Waals surface area contributed by atoms with Crippen molar-refractivity contribution < 1.29 is 22.7 Å². The number of rotatable bonds is 11. The summed E-state index contributed by atoms with van der Waals surface area (Å²) in [5.74, 6) is 1.58. The Morgan fingerprint density at radius 3 is 1.51 bits per heavy atom. The summed E-state index contributed by atoms with van der Waals surface area (Å²) < 4.78 is 12.0. The summed E-state index contributed by atoms with van der Waals surface area (Å²) in [6.07, 6.45) is 13.1. The van der Waals surface area contributed by atoms with E-state index in [-0.39, 0.29) is 0 Å². The van der Waals surface area contributed by atoms with Gasteiger partial charge in [-0.15, -0.1) is 0 Å². The average molecular weight is 960 g/mol. The SMILES string of the molecule is CC=C1COCC1=CC(/C=C/c1ccc(-c2nnc(-c3ccc(/C=C/C)cc3)n2-c2ccccc2)cc1)=C([C]#[Os])[P+](c1ccccc1)(c1ccccc1)c1ccccc1. The van der Waals surface area contributed by atoms with Crippen molar-refractivity contribution in [2.45, 2.75) is 13.8 Å². The van der Waals surface area contributed by atoms with Crippen LogP contribution in [0.2, 0.25) is 0 Å². The van der Waals surface area contributed by atoms with Crippen LogP contribution in [0.25, 0.3) is 40.6 Å². The predicted molar refractivity (Wildman–Crippen MR) is 245 cm³/mol. The van der Waals surface area contributed by atoms with Gasteiger partial charge >= 0.3 is 275 Å². The number of hydrogen-bond acceptors (Lipinski definition) is 3. The molecule has 0 radical (unpaired) electrons. The molecule has 0 unspecified atom stereocenters. The molecular formula is C53H44N3OOsP+. The van der Waals surface area contributed by atoms with Gasteiger partial charge in [-0.1, -0.05) is 54.6 Å². The molecule has 0 saturated carbocycles. The summed E-state index contributed by atoms with van der Waals surface area (Å²) in [5, 5.41) is 14.5. The van der Waals surface area contributed by atoms with E-state index < -0.39 is 7.26 Å². The van der Waals surface area contributed by atoms with Gasteiger partial charge in [0.05, 0.1) is 0 Å². The molecule has 1 saturated heterocycles. The second kappa shape index (κ2) is 18.7. The number of allylic oxidation sites excluding steroid dienone is 6. The number of para-hydroxylation sites is 1. The molecule has 1 fully saturated rings. The molecule has 0 N–H and O–H groups in total. The van der Waals surface area contributed by atoms with E-state index in [1.54, 1.807) is 17.9 Å². The summed E-state index contributed by atoms with van der Waals surface area (Å²) in [7, 11) is -2.44. The molecule has 289 valence electrons. The third-order valence-electron chi connectivity index (χ3n) is 10.6. The van der Waals surface area contributed by atoms with Crippen molar-refractivity contribution in [2.24, 2.45) is 0 Å². The fraction of sp³-hybridized carbons (Fsp3) is 0.0755. The van der Waals surface area contributed by atoms with E-state index >= 15 is 0 Å². The summed E-state index contributed by atoms with van der Waals surface area (Å²) in [4.78, 5) is 0. The van der Waals surface area contributed by atoms with E-state index in [1.165, 1.54) is 32.4 Å². The first kappa shape index (κ1) is 39.8. The van der Waals surface area contributed by atoms with Crippen LogP contribution in [0.1, 0.15) is 25.0 Å². The van der Waals surface area contributed by atoms with E-state index in [0.29, 0.717) is 13.2 Å². The van der Waals surface area contributed by atoms with Gasteiger partial charge in [0.15, 0.2) is 0 Å². The van der Waals surface area contributed by atoms with E-state index in [2.05, 4.69) is 198 Å². The molecule has 0 amide bonds. The van der Waals surface area contributed by atoms with Gasteiger partial charge < -0.3 is 0 Å². The molecule has 1 aliphatic rings. The van der Waals surface area contributed by atoms with Crippen LogP contribution in [-0.4, -0.2) is 28.0 Å². The summed E-state index contributed by atoms with van der Waals surface area (Å²) in [5.41, 5.74) is 8.74. The Labute approximate surface area is 358 Å². The Bertz CT molecular complexity index is 2630. The molecule has 6 heteroatoms. The molecule has 8 rings (SSSR count). The molecule has 2 heterocycles. The quantitative estimate of drug-likeness (QED) is 0.0958. The molecule has 4 nitrogen and oxygen atoms in total. The number of benzene rings is 6. The van der Waals surface area contributed by atoms with Crippen LogP contribution in [0.3, 0.4) is 0 Å². The van der Waals surface area contributed by atoms with Crippen molar-refractivity contribution in [3.05, 3.63) is 227 Å². The van der Waals surface area contributed by atoms with E-state index in [9.17, 15) is 0 Å². The Kier molecular flexibility index (Phi) is 12.6. The van der Waals surface area contributed by atoms with Crippen LogP contribution < -0.4 is 15.9 Å². The van der Waals surface area contributed by atoms with Gasteiger partial charge in [0.25, 0.3) is 0 Å². The van der Waals surface area contributed by atoms with Gasteiger partial charge in [0.1, 0.15) is 0 Å². The fourth-order valence-corrected chi connectivity index (χ4v) is 13.5. The predicted octanol–water partition coefficient (Wildman–Crippen LogP) is 11.3. The zero-order valence-corrected chi connectivity index (χ0v) is 36.5. The van der Waals surface area contributed by atoms with Crippen LogP contribution in [0, 0.1) is 4.37 Å². The van der Waals surface area contributed by atoms with Crippen LogP contribution >= 0.6 is 7.26 Å². The maximum atomic E-state index is 6.01. The van der Waals surface area contributed by atoms with Crippen LogP contribution in [0.4, 0.5) is 0 Å². The zero-order valence-electron chi connectivity index (χ0n) is 33.1.